The van der Waals surface area contributed by atoms with E-state index in [2.05, 4.69) is 166 Å². The molecule has 0 atom stereocenters. The van der Waals surface area contributed by atoms with Crippen molar-refractivity contribution in [2.24, 2.45) is 0 Å². The Morgan fingerprint density at radius 3 is 1.04 bits per heavy atom. The molecule has 0 heteroatoms. The first-order valence-corrected chi connectivity index (χ1v) is 19.0. The zero-order chi connectivity index (χ0) is 36.2. The van der Waals surface area contributed by atoms with Crippen LogP contribution in [0.1, 0.15) is 83.3 Å². The molecular weight excluding hydrogens is 625 g/mol. The van der Waals surface area contributed by atoms with E-state index in [1.807, 2.05) is 0 Å². The quantitative estimate of drug-likeness (QED) is 0.161. The first-order chi connectivity index (χ1) is 24.8. The summed E-state index contributed by atoms with van der Waals surface area (Å²) in [5.74, 6) is 0. The normalized spacial score (nSPS) is 15.0. The van der Waals surface area contributed by atoms with E-state index in [0.717, 1.165) is 0 Å². The molecule has 10 rings (SSSR count). The SMILES string of the molecule is Cc1cc(C)c(-c2cc3c4c(cc5c(-c6c(C)cc(C)cc6C)cc6c7c(cc2c4c57)C(C)(C)c2ccccc2-6)C(C)(C)c2ccccc2-3)c(C)c1. The highest BCUT2D eigenvalue weighted by Gasteiger charge is 2.40. The van der Waals surface area contributed by atoms with Gasteiger partial charge in [0.1, 0.15) is 0 Å². The maximum Gasteiger partial charge on any atom is 0.0159 e. The minimum absolute atomic E-state index is 0.174. The first-order valence-electron chi connectivity index (χ1n) is 19.0. The van der Waals surface area contributed by atoms with Gasteiger partial charge in [-0.2, -0.15) is 0 Å². The Labute approximate surface area is 308 Å². The van der Waals surface area contributed by atoms with Crippen LogP contribution in [0.3, 0.4) is 0 Å². The van der Waals surface area contributed by atoms with Gasteiger partial charge in [-0.1, -0.05) is 112 Å². The second-order valence-electron chi connectivity index (χ2n) is 17.3. The number of fused-ring (bicyclic) bond motifs is 4. The maximum absolute atomic E-state index is 2.62. The molecule has 0 amide bonds. The lowest BCUT2D eigenvalue weighted by atomic mass is 9.63. The average molecular weight is 671 g/mol. The lowest BCUT2D eigenvalue weighted by Gasteiger charge is -2.40. The Kier molecular flexibility index (Phi) is 6.20. The fraction of sp³-hybridized carbons (Fsp3) is 0.231. The summed E-state index contributed by atoms with van der Waals surface area (Å²) in [7, 11) is 0. The lowest BCUT2D eigenvalue weighted by molar-refractivity contribution is 0.644. The molecule has 0 saturated carbocycles. The summed E-state index contributed by atoms with van der Waals surface area (Å²) < 4.78 is 0. The van der Waals surface area contributed by atoms with Crippen molar-refractivity contribution in [3.63, 3.8) is 0 Å². The van der Waals surface area contributed by atoms with Crippen molar-refractivity contribution in [2.75, 3.05) is 0 Å². The Hall–Kier alpha value is -5.20. The van der Waals surface area contributed by atoms with Crippen LogP contribution in [0, 0.1) is 41.5 Å². The molecule has 8 aromatic carbocycles. The van der Waals surface area contributed by atoms with Crippen molar-refractivity contribution >= 4 is 32.3 Å². The van der Waals surface area contributed by atoms with Crippen LogP contribution in [0.4, 0.5) is 0 Å². The molecule has 0 unspecified atom stereocenters. The highest BCUT2D eigenvalue weighted by atomic mass is 14.4. The Balaban J connectivity index is 1.54. The Bertz CT molecular complexity index is 2640. The van der Waals surface area contributed by atoms with Crippen LogP contribution in [-0.2, 0) is 10.8 Å². The van der Waals surface area contributed by atoms with Crippen molar-refractivity contribution in [1.82, 2.24) is 0 Å². The summed E-state index contributed by atoms with van der Waals surface area (Å²) in [5.41, 5.74) is 24.3. The van der Waals surface area contributed by atoms with E-state index < -0.39 is 0 Å². The third-order valence-electron chi connectivity index (χ3n) is 13.1. The molecule has 0 fully saturated rings. The smallest absolute Gasteiger partial charge is 0.0159 e. The molecule has 0 aromatic heterocycles. The van der Waals surface area contributed by atoms with Crippen LogP contribution in [-0.4, -0.2) is 0 Å². The van der Waals surface area contributed by atoms with E-state index >= 15 is 0 Å². The van der Waals surface area contributed by atoms with E-state index in [4.69, 9.17) is 0 Å². The molecule has 2 aliphatic rings. The second kappa shape index (κ2) is 10.2. The molecule has 0 N–H and O–H groups in total. The molecule has 8 aromatic rings. The molecule has 0 aliphatic heterocycles. The second-order valence-corrected chi connectivity index (χ2v) is 17.3. The fourth-order valence-electron chi connectivity index (χ4n) is 11.1. The maximum atomic E-state index is 2.62. The minimum Gasteiger partial charge on any atom is -0.0619 e. The van der Waals surface area contributed by atoms with Crippen molar-refractivity contribution in [1.29, 1.82) is 0 Å². The molecule has 2 aliphatic carbocycles. The van der Waals surface area contributed by atoms with Gasteiger partial charge >= 0.3 is 0 Å². The average Bonchev–Trinajstić information content (AvgIpc) is 3.09. The van der Waals surface area contributed by atoms with Gasteiger partial charge in [0.25, 0.3) is 0 Å². The van der Waals surface area contributed by atoms with Gasteiger partial charge in [0.2, 0.25) is 0 Å². The molecule has 0 radical (unpaired) electrons. The third-order valence-corrected chi connectivity index (χ3v) is 13.1. The van der Waals surface area contributed by atoms with Gasteiger partial charge in [-0.05, 0) is 187 Å². The van der Waals surface area contributed by atoms with Gasteiger partial charge in [-0.15, -0.1) is 0 Å². The van der Waals surface area contributed by atoms with Crippen molar-refractivity contribution < 1.29 is 0 Å². The predicted molar refractivity (Wildman–Crippen MR) is 225 cm³/mol. The molecule has 0 spiro atoms. The Morgan fingerprint density at radius 1 is 0.327 bits per heavy atom. The van der Waals surface area contributed by atoms with Crippen molar-refractivity contribution in [3.05, 3.63) is 153 Å². The van der Waals surface area contributed by atoms with Gasteiger partial charge < -0.3 is 0 Å². The van der Waals surface area contributed by atoms with E-state index in [9.17, 15) is 0 Å². The summed E-state index contributed by atoms with van der Waals surface area (Å²) in [6.45, 7) is 23.5. The topological polar surface area (TPSA) is 0 Å². The lowest BCUT2D eigenvalue weighted by Crippen LogP contribution is -2.25. The van der Waals surface area contributed by atoms with Crippen LogP contribution in [0.2, 0.25) is 0 Å². The van der Waals surface area contributed by atoms with Crippen molar-refractivity contribution in [2.45, 2.75) is 80.1 Å². The van der Waals surface area contributed by atoms with Gasteiger partial charge in [-0.3, -0.25) is 0 Å². The highest BCUT2D eigenvalue weighted by Crippen LogP contribution is 2.60. The monoisotopic (exact) mass is 670 g/mol. The fourth-order valence-corrected chi connectivity index (χ4v) is 11.1. The first kappa shape index (κ1) is 31.5. The molecular formula is C52H46. The largest absolute Gasteiger partial charge is 0.0619 e. The van der Waals surface area contributed by atoms with Gasteiger partial charge in [0.05, 0.1) is 0 Å². The standard InChI is InChI=1S/C52H46/c1-27-19-29(3)45(30(4)20-27)37-23-35-33-15-11-13-17-41(33)52(9,10)44-26-40-38(46-31(5)21-28(2)22-32(46)6)24-36-34-16-12-14-18-42(34)51(7,8)43-25-39(37)49(47(35)44)50(40)48(36)43/h11-26H,1-10H3. The summed E-state index contributed by atoms with van der Waals surface area (Å²) in [5, 5.41) is 8.49. The zero-order valence-electron chi connectivity index (χ0n) is 32.2. The van der Waals surface area contributed by atoms with Gasteiger partial charge in [0.15, 0.2) is 0 Å². The number of hydrogen-bond acceptors (Lipinski definition) is 0. The highest BCUT2D eigenvalue weighted by molar-refractivity contribution is 6.34. The third kappa shape index (κ3) is 3.88. The van der Waals surface area contributed by atoms with Crippen molar-refractivity contribution in [3.8, 4) is 44.5 Å². The number of rotatable bonds is 2. The number of benzene rings is 8. The molecule has 52 heavy (non-hydrogen) atoms. The van der Waals surface area contributed by atoms with Gasteiger partial charge in [0, 0.05) is 10.8 Å². The Morgan fingerprint density at radius 2 is 0.673 bits per heavy atom. The van der Waals surface area contributed by atoms with Crippen LogP contribution in [0.15, 0.2) is 97.1 Å². The van der Waals surface area contributed by atoms with Crippen LogP contribution in [0.25, 0.3) is 76.8 Å². The van der Waals surface area contributed by atoms with Crippen LogP contribution < -0.4 is 0 Å². The molecule has 0 nitrogen and oxygen atoms in total. The van der Waals surface area contributed by atoms with E-state index in [1.54, 1.807) is 0 Å². The predicted octanol–water partition coefficient (Wildman–Crippen LogP) is 14.4. The van der Waals surface area contributed by atoms with Crippen LogP contribution in [0.5, 0.6) is 0 Å². The summed E-state index contributed by atoms with van der Waals surface area (Å²) >= 11 is 0. The number of hydrogen-bond donors (Lipinski definition) is 0. The van der Waals surface area contributed by atoms with E-state index in [0.29, 0.717) is 0 Å². The van der Waals surface area contributed by atoms with E-state index in [1.165, 1.54) is 132 Å². The van der Waals surface area contributed by atoms with E-state index in [-0.39, 0.29) is 10.8 Å². The molecule has 0 heterocycles. The minimum atomic E-state index is -0.174. The summed E-state index contributed by atoms with van der Waals surface area (Å²) in [6.07, 6.45) is 0. The molecule has 254 valence electrons. The number of aryl methyl sites for hydroxylation is 6. The summed E-state index contributed by atoms with van der Waals surface area (Å²) in [4.78, 5) is 0. The molecule has 0 saturated heterocycles. The van der Waals surface area contributed by atoms with Gasteiger partial charge in [-0.25, -0.2) is 0 Å². The summed E-state index contributed by atoms with van der Waals surface area (Å²) in [6, 6.07) is 38.3. The molecule has 0 bridgehead atoms. The van der Waals surface area contributed by atoms with Crippen LogP contribution >= 0.6 is 0 Å². The zero-order valence-corrected chi connectivity index (χ0v) is 32.2.